The maximum atomic E-state index is 2.35. The van der Waals surface area contributed by atoms with Crippen LogP contribution in [0.25, 0.3) is 0 Å². The number of hydrogen-bond acceptors (Lipinski definition) is 0. The van der Waals surface area contributed by atoms with Gasteiger partial charge >= 0.3 is 0 Å². The molecule has 14 heavy (non-hydrogen) atoms. The van der Waals surface area contributed by atoms with Crippen LogP contribution in [-0.2, 0) is 6.04 Å². The van der Waals surface area contributed by atoms with E-state index in [-0.39, 0.29) is 0 Å². The molecule has 1 aliphatic heterocycles. The van der Waals surface area contributed by atoms with E-state index in [0.29, 0.717) is 0 Å². The smallest absolute Gasteiger partial charge is 0.0435 e. The summed E-state index contributed by atoms with van der Waals surface area (Å²) in [5.74, 6) is 0.873. The minimum atomic E-state index is 0.873. The minimum absolute atomic E-state index is 0.873. The van der Waals surface area contributed by atoms with E-state index in [9.17, 15) is 0 Å². The first-order valence-corrected chi connectivity index (χ1v) is 7.11. The lowest BCUT2D eigenvalue weighted by atomic mass is 9.91. The predicted octanol–water partition coefficient (Wildman–Crippen LogP) is 3.60. The molecule has 74 valence electrons. The maximum Gasteiger partial charge on any atom is 0.0435 e. The highest BCUT2D eigenvalue weighted by atomic mass is 28.2. The quantitative estimate of drug-likeness (QED) is 0.657. The molecule has 1 heteroatoms. The van der Waals surface area contributed by atoms with Crippen LogP contribution in [0, 0.1) is 0 Å². The molecule has 0 aliphatic carbocycles. The highest BCUT2D eigenvalue weighted by Crippen LogP contribution is 2.32. The Labute approximate surface area is 89.6 Å². The monoisotopic (exact) mass is 202 g/mol. The van der Waals surface area contributed by atoms with Gasteiger partial charge in [-0.15, -0.1) is 0 Å². The zero-order valence-corrected chi connectivity index (χ0v) is 9.92. The zero-order valence-electron chi connectivity index (χ0n) is 8.92. The van der Waals surface area contributed by atoms with Crippen LogP contribution in [-0.4, -0.2) is 9.52 Å². The third-order valence-electron chi connectivity index (χ3n) is 3.11. The Morgan fingerprint density at radius 3 is 3.07 bits per heavy atom. The van der Waals surface area contributed by atoms with Gasteiger partial charge in [0.05, 0.1) is 0 Å². The van der Waals surface area contributed by atoms with E-state index in [0.717, 1.165) is 15.4 Å². The lowest BCUT2D eigenvalue weighted by Crippen LogP contribution is -2.14. The first-order valence-electron chi connectivity index (χ1n) is 5.70. The largest absolute Gasteiger partial charge is 0.0654 e. The molecule has 0 nitrogen and oxygen atoms in total. The molecule has 0 aromatic heterocycles. The van der Waals surface area contributed by atoms with E-state index in [1.165, 1.54) is 31.4 Å². The molecule has 0 N–H and O–H groups in total. The van der Waals surface area contributed by atoms with E-state index in [1.54, 1.807) is 11.1 Å². The number of fused-ring (bicyclic) bond motifs is 1. The Morgan fingerprint density at radius 1 is 1.36 bits per heavy atom. The van der Waals surface area contributed by atoms with Crippen LogP contribution in [0.5, 0.6) is 0 Å². The lowest BCUT2D eigenvalue weighted by Gasteiger charge is -2.24. The van der Waals surface area contributed by atoms with Gasteiger partial charge in [0.25, 0.3) is 0 Å². The molecular formula is C13H18Si. The zero-order chi connectivity index (χ0) is 9.80. The highest BCUT2D eigenvalue weighted by Gasteiger charge is 2.18. The van der Waals surface area contributed by atoms with E-state index in [4.69, 9.17) is 0 Å². The maximum absolute atomic E-state index is 2.35. The fourth-order valence-corrected chi connectivity index (χ4v) is 3.80. The molecule has 0 saturated carbocycles. The summed E-state index contributed by atoms with van der Waals surface area (Å²) in [6, 6.07) is 11.8. The highest BCUT2D eigenvalue weighted by molar-refractivity contribution is 6.35. The summed E-state index contributed by atoms with van der Waals surface area (Å²) >= 11 is 0. The predicted molar refractivity (Wildman–Crippen MR) is 63.0 cm³/mol. The van der Waals surface area contributed by atoms with Crippen LogP contribution in [0.2, 0.25) is 6.04 Å². The first kappa shape index (κ1) is 9.97. The van der Waals surface area contributed by atoms with Gasteiger partial charge in [-0.25, -0.2) is 0 Å². The summed E-state index contributed by atoms with van der Waals surface area (Å²) in [6.07, 6.45) is 4.13. The second-order valence-corrected chi connectivity index (χ2v) is 5.43. The van der Waals surface area contributed by atoms with Crippen molar-refractivity contribution in [2.24, 2.45) is 0 Å². The molecule has 1 atom stereocenters. The Hall–Kier alpha value is -0.563. The van der Waals surface area contributed by atoms with Crippen LogP contribution in [0.4, 0.5) is 0 Å². The van der Waals surface area contributed by atoms with Gasteiger partial charge in [0, 0.05) is 9.52 Å². The van der Waals surface area contributed by atoms with Crippen LogP contribution in [0.1, 0.15) is 43.2 Å². The van der Waals surface area contributed by atoms with Crippen molar-refractivity contribution >= 4 is 9.52 Å². The van der Waals surface area contributed by atoms with Crippen LogP contribution < -0.4 is 0 Å². The molecule has 0 amide bonds. The molecule has 1 aromatic rings. The molecule has 0 bridgehead atoms. The fourth-order valence-electron chi connectivity index (χ4n) is 2.29. The minimum Gasteiger partial charge on any atom is -0.0654 e. The van der Waals surface area contributed by atoms with Gasteiger partial charge in [-0.1, -0.05) is 50.1 Å². The summed E-state index contributed by atoms with van der Waals surface area (Å²) in [7, 11) is 1.16. The van der Waals surface area contributed by atoms with Crippen LogP contribution >= 0.6 is 0 Å². The standard InChI is InChI=1S/C13H18Si/c1-2-3-6-11-9-14-10-12-7-4-5-8-13(11)12/h4-5,7-8,11H,2-3,6,9-10H2,1H3/t11-/m0/s1. The van der Waals surface area contributed by atoms with Crippen molar-refractivity contribution in [3.8, 4) is 0 Å². The molecule has 1 aliphatic rings. The summed E-state index contributed by atoms with van der Waals surface area (Å²) < 4.78 is 0. The Kier molecular flexibility index (Phi) is 3.41. The van der Waals surface area contributed by atoms with Gasteiger partial charge in [0.1, 0.15) is 0 Å². The SMILES string of the molecule is CCCC[C@H]1C[Si]Cc2ccccc21. The fraction of sp³-hybridized carbons (Fsp3) is 0.538. The Balaban J connectivity index is 2.14. The van der Waals surface area contributed by atoms with Gasteiger partial charge in [-0.05, 0) is 29.5 Å². The van der Waals surface area contributed by atoms with Gasteiger partial charge < -0.3 is 0 Å². The van der Waals surface area contributed by atoms with Gasteiger partial charge in [-0.2, -0.15) is 0 Å². The van der Waals surface area contributed by atoms with Crippen LogP contribution in [0.3, 0.4) is 0 Å². The number of unbranched alkanes of at least 4 members (excludes halogenated alkanes) is 1. The molecule has 1 aromatic carbocycles. The molecule has 0 fully saturated rings. The van der Waals surface area contributed by atoms with E-state index in [1.807, 2.05) is 0 Å². The average Bonchev–Trinajstić information content (AvgIpc) is 2.26. The van der Waals surface area contributed by atoms with Crippen molar-refractivity contribution in [2.45, 2.75) is 44.2 Å². The summed E-state index contributed by atoms with van der Waals surface area (Å²) in [5, 5.41) is 0. The lowest BCUT2D eigenvalue weighted by molar-refractivity contribution is 0.613. The van der Waals surface area contributed by atoms with Crippen molar-refractivity contribution in [3.05, 3.63) is 35.4 Å². The molecule has 2 rings (SSSR count). The molecule has 0 spiro atoms. The van der Waals surface area contributed by atoms with Gasteiger partial charge in [0.15, 0.2) is 0 Å². The van der Waals surface area contributed by atoms with Crippen molar-refractivity contribution in [3.63, 3.8) is 0 Å². The molecular weight excluding hydrogens is 184 g/mol. The van der Waals surface area contributed by atoms with Gasteiger partial charge in [-0.3, -0.25) is 0 Å². The summed E-state index contributed by atoms with van der Waals surface area (Å²) in [5.41, 5.74) is 3.28. The van der Waals surface area contributed by atoms with Crippen molar-refractivity contribution in [1.82, 2.24) is 0 Å². The Morgan fingerprint density at radius 2 is 2.21 bits per heavy atom. The van der Waals surface area contributed by atoms with Crippen molar-refractivity contribution < 1.29 is 0 Å². The topological polar surface area (TPSA) is 0 Å². The third kappa shape index (κ3) is 2.09. The molecule has 2 radical (unpaired) electrons. The normalized spacial score (nSPS) is 20.5. The van der Waals surface area contributed by atoms with Gasteiger partial charge in [0.2, 0.25) is 0 Å². The number of hydrogen-bond donors (Lipinski definition) is 0. The third-order valence-corrected chi connectivity index (χ3v) is 4.52. The molecule has 1 heterocycles. The molecule has 0 saturated heterocycles. The number of benzene rings is 1. The van der Waals surface area contributed by atoms with Crippen molar-refractivity contribution in [2.75, 3.05) is 0 Å². The average molecular weight is 202 g/mol. The van der Waals surface area contributed by atoms with Crippen molar-refractivity contribution in [1.29, 1.82) is 0 Å². The second-order valence-electron chi connectivity index (χ2n) is 4.17. The molecule has 0 unspecified atom stereocenters. The summed E-state index contributed by atoms with van der Waals surface area (Å²) in [4.78, 5) is 0. The second kappa shape index (κ2) is 4.79. The van der Waals surface area contributed by atoms with E-state index < -0.39 is 0 Å². The first-order chi connectivity index (χ1) is 6.92. The van der Waals surface area contributed by atoms with E-state index in [2.05, 4.69) is 31.2 Å². The summed E-state index contributed by atoms with van der Waals surface area (Å²) in [6.45, 7) is 2.29. The number of rotatable bonds is 3. The van der Waals surface area contributed by atoms with Crippen LogP contribution in [0.15, 0.2) is 24.3 Å². The van der Waals surface area contributed by atoms with E-state index >= 15 is 0 Å². The Bertz CT molecular complexity index is 293.